The normalized spacial score (nSPS) is 19.8. The van der Waals surface area contributed by atoms with Crippen LogP contribution >= 0.6 is 11.6 Å². The van der Waals surface area contributed by atoms with E-state index in [0.29, 0.717) is 5.02 Å². The zero-order chi connectivity index (χ0) is 20.0. The number of nitrogens with one attached hydrogen (secondary N) is 1. The van der Waals surface area contributed by atoms with Crippen molar-refractivity contribution in [1.29, 1.82) is 0 Å². The second kappa shape index (κ2) is 7.17. The number of fused-ring (bicyclic) bond motifs is 1. The number of anilines is 2. The molecule has 2 amide bonds. The Hall–Kier alpha value is -2.33. The van der Waals surface area contributed by atoms with Crippen molar-refractivity contribution in [1.82, 2.24) is 0 Å². The quantitative estimate of drug-likeness (QED) is 0.766. The summed E-state index contributed by atoms with van der Waals surface area (Å²) in [5, 5.41) is 3.84. The van der Waals surface area contributed by atoms with Crippen molar-refractivity contribution >= 4 is 34.8 Å². The maximum absolute atomic E-state index is 13.4. The summed E-state index contributed by atoms with van der Waals surface area (Å²) in [6, 6.07) is 13.7. The molecule has 5 heteroatoms. The summed E-state index contributed by atoms with van der Waals surface area (Å²) in [7, 11) is 0. The highest BCUT2D eigenvalue weighted by Gasteiger charge is 2.43. The zero-order valence-electron chi connectivity index (χ0n) is 16.4. The SMILES string of the molecule is O=C(C1CC1)N1CCc2ccc(NC(=O)C3(c4ccc(Cl)cc4)CCCC3)cc21. The number of hydrogen-bond acceptors (Lipinski definition) is 2. The lowest BCUT2D eigenvalue weighted by Crippen LogP contribution is -2.38. The van der Waals surface area contributed by atoms with Gasteiger partial charge >= 0.3 is 0 Å². The fraction of sp³-hybridized carbons (Fsp3) is 0.417. The van der Waals surface area contributed by atoms with Crippen LogP contribution in [-0.2, 0) is 21.4 Å². The van der Waals surface area contributed by atoms with Gasteiger partial charge in [0.05, 0.1) is 5.41 Å². The van der Waals surface area contributed by atoms with Crippen molar-refractivity contribution in [3.8, 4) is 0 Å². The number of carbonyl (C=O) groups is 2. The molecule has 150 valence electrons. The van der Waals surface area contributed by atoms with Gasteiger partial charge in [-0.05, 0) is 67.5 Å². The maximum Gasteiger partial charge on any atom is 0.235 e. The van der Waals surface area contributed by atoms with Crippen LogP contribution in [0.15, 0.2) is 42.5 Å². The smallest absolute Gasteiger partial charge is 0.235 e. The molecule has 2 aromatic carbocycles. The van der Waals surface area contributed by atoms with Crippen LogP contribution in [0.2, 0.25) is 5.02 Å². The Morgan fingerprint density at radius 1 is 1.03 bits per heavy atom. The Balaban J connectivity index is 1.41. The predicted octanol–water partition coefficient (Wildman–Crippen LogP) is 5.09. The molecule has 2 saturated carbocycles. The molecule has 5 rings (SSSR count). The monoisotopic (exact) mass is 408 g/mol. The number of benzene rings is 2. The Morgan fingerprint density at radius 2 is 1.76 bits per heavy atom. The molecule has 2 aromatic rings. The molecule has 1 heterocycles. The molecule has 4 nitrogen and oxygen atoms in total. The van der Waals surface area contributed by atoms with Crippen LogP contribution in [0.5, 0.6) is 0 Å². The van der Waals surface area contributed by atoms with Crippen LogP contribution in [0.4, 0.5) is 11.4 Å². The van der Waals surface area contributed by atoms with Crippen molar-refractivity contribution in [2.24, 2.45) is 5.92 Å². The van der Waals surface area contributed by atoms with Gasteiger partial charge in [0.25, 0.3) is 0 Å². The first-order valence-corrected chi connectivity index (χ1v) is 11.0. The van der Waals surface area contributed by atoms with E-state index in [9.17, 15) is 9.59 Å². The molecule has 2 aliphatic carbocycles. The van der Waals surface area contributed by atoms with Crippen LogP contribution in [-0.4, -0.2) is 18.4 Å². The second-order valence-corrected chi connectivity index (χ2v) is 9.04. The van der Waals surface area contributed by atoms with Crippen molar-refractivity contribution < 1.29 is 9.59 Å². The summed E-state index contributed by atoms with van der Waals surface area (Å²) in [4.78, 5) is 27.9. The van der Waals surface area contributed by atoms with Gasteiger partial charge in [-0.15, -0.1) is 0 Å². The Kier molecular flexibility index (Phi) is 4.62. The van der Waals surface area contributed by atoms with E-state index >= 15 is 0 Å². The lowest BCUT2D eigenvalue weighted by atomic mass is 9.78. The first-order chi connectivity index (χ1) is 14.1. The van der Waals surface area contributed by atoms with E-state index < -0.39 is 5.41 Å². The average molecular weight is 409 g/mol. The molecule has 0 radical (unpaired) electrons. The summed E-state index contributed by atoms with van der Waals surface area (Å²) >= 11 is 6.06. The van der Waals surface area contributed by atoms with Gasteiger partial charge < -0.3 is 10.2 Å². The molecule has 0 aromatic heterocycles. The fourth-order valence-electron chi connectivity index (χ4n) is 4.88. The highest BCUT2D eigenvalue weighted by atomic mass is 35.5. The van der Waals surface area contributed by atoms with Gasteiger partial charge in [-0.2, -0.15) is 0 Å². The number of halogens is 1. The van der Waals surface area contributed by atoms with Gasteiger partial charge in [0.1, 0.15) is 0 Å². The Morgan fingerprint density at radius 3 is 2.45 bits per heavy atom. The third kappa shape index (κ3) is 3.33. The summed E-state index contributed by atoms with van der Waals surface area (Å²) in [6.07, 6.45) is 6.68. The third-order valence-corrected chi connectivity index (χ3v) is 6.97. The first-order valence-electron chi connectivity index (χ1n) is 10.6. The highest BCUT2D eigenvalue weighted by Crippen LogP contribution is 2.43. The topological polar surface area (TPSA) is 49.4 Å². The van der Waals surface area contributed by atoms with Gasteiger partial charge in [-0.3, -0.25) is 9.59 Å². The van der Waals surface area contributed by atoms with Gasteiger partial charge in [-0.1, -0.05) is 42.6 Å². The van der Waals surface area contributed by atoms with E-state index in [1.54, 1.807) is 0 Å². The highest BCUT2D eigenvalue weighted by molar-refractivity contribution is 6.30. The number of rotatable bonds is 4. The van der Waals surface area contributed by atoms with Crippen molar-refractivity contribution in [2.45, 2.75) is 50.4 Å². The maximum atomic E-state index is 13.4. The minimum absolute atomic E-state index is 0.0374. The third-order valence-electron chi connectivity index (χ3n) is 6.72. The van der Waals surface area contributed by atoms with Crippen LogP contribution in [0.25, 0.3) is 0 Å². The lowest BCUT2D eigenvalue weighted by molar-refractivity contribution is -0.121. The Bertz CT molecular complexity index is 959. The number of nitrogens with zero attached hydrogens (tertiary/aromatic N) is 1. The minimum atomic E-state index is -0.507. The van der Waals surface area contributed by atoms with E-state index in [4.69, 9.17) is 11.6 Å². The van der Waals surface area contributed by atoms with E-state index in [-0.39, 0.29) is 17.7 Å². The largest absolute Gasteiger partial charge is 0.325 e. The molecule has 29 heavy (non-hydrogen) atoms. The van der Waals surface area contributed by atoms with Crippen LogP contribution in [0, 0.1) is 5.92 Å². The fourth-order valence-corrected chi connectivity index (χ4v) is 5.01. The van der Waals surface area contributed by atoms with Gasteiger partial charge in [0.2, 0.25) is 11.8 Å². The molecule has 0 saturated heterocycles. The molecule has 2 fully saturated rings. The number of amides is 2. The molecule has 1 aliphatic heterocycles. The van der Waals surface area contributed by atoms with Crippen LogP contribution < -0.4 is 10.2 Å². The summed E-state index contributed by atoms with van der Waals surface area (Å²) < 4.78 is 0. The van der Waals surface area contributed by atoms with Crippen molar-refractivity contribution in [2.75, 3.05) is 16.8 Å². The standard InChI is InChI=1S/C24H25ClN2O2/c25-19-8-6-18(7-9-19)24(12-1-2-13-24)23(29)26-20-10-5-16-11-14-27(21(16)15-20)22(28)17-3-4-17/h5-10,15,17H,1-4,11-14H2,(H,26,29). The van der Waals surface area contributed by atoms with Crippen LogP contribution in [0.3, 0.4) is 0 Å². The summed E-state index contributed by atoms with van der Waals surface area (Å²) in [5.41, 5.74) is 3.44. The lowest BCUT2D eigenvalue weighted by Gasteiger charge is -2.28. The van der Waals surface area contributed by atoms with Crippen molar-refractivity contribution in [3.05, 3.63) is 58.6 Å². The van der Waals surface area contributed by atoms with Gasteiger partial charge in [-0.25, -0.2) is 0 Å². The number of carbonyl (C=O) groups excluding carboxylic acids is 2. The molecule has 0 atom stereocenters. The molecular weight excluding hydrogens is 384 g/mol. The second-order valence-electron chi connectivity index (χ2n) is 8.61. The molecule has 3 aliphatic rings. The first kappa shape index (κ1) is 18.7. The zero-order valence-corrected chi connectivity index (χ0v) is 17.2. The van der Waals surface area contributed by atoms with E-state index in [2.05, 4.69) is 11.4 Å². The van der Waals surface area contributed by atoms with E-state index in [1.165, 1.54) is 5.56 Å². The summed E-state index contributed by atoms with van der Waals surface area (Å²) in [5.74, 6) is 0.474. The van der Waals surface area contributed by atoms with Crippen LogP contribution in [0.1, 0.15) is 49.7 Å². The molecule has 0 unspecified atom stereocenters. The molecule has 0 spiro atoms. The van der Waals surface area contributed by atoms with Gasteiger partial charge in [0.15, 0.2) is 0 Å². The van der Waals surface area contributed by atoms with E-state index in [1.807, 2.05) is 41.3 Å². The van der Waals surface area contributed by atoms with Crippen molar-refractivity contribution in [3.63, 3.8) is 0 Å². The number of hydrogen-bond donors (Lipinski definition) is 1. The molecule has 0 bridgehead atoms. The minimum Gasteiger partial charge on any atom is -0.325 e. The van der Waals surface area contributed by atoms with Gasteiger partial charge in [0, 0.05) is 28.9 Å². The predicted molar refractivity (Wildman–Crippen MR) is 115 cm³/mol. The Labute approximate surface area is 176 Å². The average Bonchev–Trinajstić information content (AvgIpc) is 3.30. The molecule has 1 N–H and O–H groups in total. The van der Waals surface area contributed by atoms with E-state index in [0.717, 1.165) is 68.4 Å². The molecular formula is C24H25ClN2O2. The summed E-state index contributed by atoms with van der Waals surface area (Å²) in [6.45, 7) is 0.747.